The van der Waals surface area contributed by atoms with E-state index >= 15 is 0 Å². The summed E-state index contributed by atoms with van der Waals surface area (Å²) in [6, 6.07) is 1.88. The fraction of sp³-hybridized carbons (Fsp3) is 0.364. The number of hydrogen-bond donors (Lipinski definition) is 1. The van der Waals surface area contributed by atoms with Crippen LogP contribution in [-0.4, -0.2) is 12.5 Å². The number of carbonyl (C=O) groups is 1. The van der Waals surface area contributed by atoms with Crippen molar-refractivity contribution in [3.8, 4) is 11.8 Å². The molecule has 0 aliphatic heterocycles. The lowest BCUT2D eigenvalue weighted by Gasteiger charge is -1.98. The largest absolute Gasteiger partial charge is 0.350 e. The molecule has 1 N–H and O–H groups in total. The number of carbonyl (C=O) groups excluding carboxylic acids is 1. The molecule has 0 aromatic carbocycles. The van der Waals surface area contributed by atoms with Crippen LogP contribution in [0.1, 0.15) is 28.6 Å². The van der Waals surface area contributed by atoms with Crippen LogP contribution in [0.2, 0.25) is 0 Å². The first-order chi connectivity index (χ1) is 7.15. The number of nitrogens with one attached hydrogen (secondary N) is 1. The first-order valence-electron chi connectivity index (χ1n) is 4.59. The first kappa shape index (κ1) is 12.3. The zero-order chi connectivity index (χ0) is 11.3. The SMILES string of the molecule is CC#CCCNC(=O)c1cc(C)c(Br)s1. The molecule has 1 heterocycles. The molecule has 0 fully saturated rings. The van der Waals surface area contributed by atoms with E-state index < -0.39 is 0 Å². The molecule has 1 aromatic rings. The Labute approximate surface area is 102 Å². The predicted octanol–water partition coefficient (Wildman–Crippen LogP) is 2.96. The summed E-state index contributed by atoms with van der Waals surface area (Å²) in [5.74, 6) is 5.67. The summed E-state index contributed by atoms with van der Waals surface area (Å²) in [5.41, 5.74) is 1.10. The van der Waals surface area contributed by atoms with Gasteiger partial charge in [0.1, 0.15) is 0 Å². The van der Waals surface area contributed by atoms with E-state index in [1.54, 1.807) is 6.92 Å². The summed E-state index contributed by atoms with van der Waals surface area (Å²) in [7, 11) is 0. The van der Waals surface area contributed by atoms with Crippen LogP contribution >= 0.6 is 27.3 Å². The topological polar surface area (TPSA) is 29.1 Å². The van der Waals surface area contributed by atoms with Gasteiger partial charge in [-0.3, -0.25) is 4.79 Å². The summed E-state index contributed by atoms with van der Waals surface area (Å²) in [4.78, 5) is 12.3. The fourth-order valence-corrected chi connectivity index (χ4v) is 2.47. The average molecular weight is 286 g/mol. The summed E-state index contributed by atoms with van der Waals surface area (Å²) in [5, 5.41) is 2.82. The van der Waals surface area contributed by atoms with Crippen LogP contribution in [-0.2, 0) is 0 Å². The lowest BCUT2D eigenvalue weighted by Crippen LogP contribution is -2.23. The number of hydrogen-bond acceptors (Lipinski definition) is 2. The van der Waals surface area contributed by atoms with E-state index in [0.29, 0.717) is 13.0 Å². The molecule has 1 rings (SSSR count). The molecule has 4 heteroatoms. The highest BCUT2D eigenvalue weighted by atomic mass is 79.9. The van der Waals surface area contributed by atoms with E-state index in [2.05, 4.69) is 33.1 Å². The molecule has 0 atom stereocenters. The van der Waals surface area contributed by atoms with Crippen LogP contribution in [0.15, 0.2) is 9.85 Å². The van der Waals surface area contributed by atoms with Crippen LogP contribution in [0.25, 0.3) is 0 Å². The number of amides is 1. The van der Waals surface area contributed by atoms with Gasteiger partial charge < -0.3 is 5.32 Å². The van der Waals surface area contributed by atoms with E-state index in [1.807, 2.05) is 13.0 Å². The lowest BCUT2D eigenvalue weighted by atomic mass is 10.3. The Kier molecular flexibility index (Phi) is 4.86. The van der Waals surface area contributed by atoms with E-state index in [1.165, 1.54) is 11.3 Å². The van der Waals surface area contributed by atoms with Crippen molar-refractivity contribution in [1.82, 2.24) is 5.32 Å². The fourth-order valence-electron chi connectivity index (χ4n) is 1.02. The third-order valence-corrected chi connectivity index (χ3v) is 3.93. The highest BCUT2D eigenvalue weighted by molar-refractivity contribution is 9.11. The van der Waals surface area contributed by atoms with Gasteiger partial charge >= 0.3 is 0 Å². The number of thiophene rings is 1. The molecule has 1 amide bonds. The Morgan fingerprint density at radius 1 is 1.67 bits per heavy atom. The Balaban J connectivity index is 2.49. The third kappa shape index (κ3) is 3.69. The van der Waals surface area contributed by atoms with Gasteiger partial charge in [0, 0.05) is 13.0 Å². The minimum atomic E-state index is -0.0216. The Bertz CT molecular complexity index is 394. The summed E-state index contributed by atoms with van der Waals surface area (Å²) in [6.07, 6.45) is 0.702. The monoisotopic (exact) mass is 285 g/mol. The van der Waals surface area contributed by atoms with Crippen molar-refractivity contribution in [2.75, 3.05) is 6.54 Å². The van der Waals surface area contributed by atoms with Gasteiger partial charge in [0.2, 0.25) is 0 Å². The number of rotatable bonds is 3. The van der Waals surface area contributed by atoms with E-state index in [0.717, 1.165) is 14.2 Å². The average Bonchev–Trinajstić information content (AvgIpc) is 2.54. The Morgan fingerprint density at radius 3 is 2.93 bits per heavy atom. The zero-order valence-electron chi connectivity index (χ0n) is 8.69. The minimum absolute atomic E-state index is 0.0216. The van der Waals surface area contributed by atoms with E-state index in [-0.39, 0.29) is 5.91 Å². The van der Waals surface area contributed by atoms with Crippen LogP contribution < -0.4 is 5.32 Å². The van der Waals surface area contributed by atoms with Gasteiger partial charge in [0.25, 0.3) is 5.91 Å². The maximum Gasteiger partial charge on any atom is 0.261 e. The van der Waals surface area contributed by atoms with Crippen molar-refractivity contribution in [3.05, 3.63) is 20.3 Å². The molecule has 0 spiro atoms. The van der Waals surface area contributed by atoms with E-state index in [4.69, 9.17) is 0 Å². The number of halogens is 1. The second-order valence-corrected chi connectivity index (χ2v) is 5.37. The molecule has 0 bridgehead atoms. The van der Waals surface area contributed by atoms with Crippen molar-refractivity contribution < 1.29 is 4.79 Å². The highest BCUT2D eigenvalue weighted by Crippen LogP contribution is 2.27. The zero-order valence-corrected chi connectivity index (χ0v) is 11.1. The molecule has 0 aliphatic rings. The van der Waals surface area contributed by atoms with Gasteiger partial charge in [0.05, 0.1) is 8.66 Å². The maximum absolute atomic E-state index is 11.6. The third-order valence-electron chi connectivity index (χ3n) is 1.79. The summed E-state index contributed by atoms with van der Waals surface area (Å²) in [6.45, 7) is 4.37. The van der Waals surface area contributed by atoms with Gasteiger partial charge in [-0.15, -0.1) is 23.2 Å². The second-order valence-electron chi connectivity index (χ2n) is 3.00. The van der Waals surface area contributed by atoms with Crippen molar-refractivity contribution in [2.45, 2.75) is 20.3 Å². The maximum atomic E-state index is 11.6. The van der Waals surface area contributed by atoms with E-state index in [9.17, 15) is 4.79 Å². The summed E-state index contributed by atoms with van der Waals surface area (Å²) < 4.78 is 1.01. The van der Waals surface area contributed by atoms with Crippen molar-refractivity contribution in [1.29, 1.82) is 0 Å². The van der Waals surface area contributed by atoms with Crippen LogP contribution in [0, 0.1) is 18.8 Å². The molecule has 0 saturated carbocycles. The molecule has 80 valence electrons. The van der Waals surface area contributed by atoms with Crippen LogP contribution in [0.3, 0.4) is 0 Å². The number of aryl methyl sites for hydroxylation is 1. The van der Waals surface area contributed by atoms with Gasteiger partial charge in [-0.25, -0.2) is 0 Å². The lowest BCUT2D eigenvalue weighted by molar-refractivity contribution is 0.0958. The molecule has 0 aliphatic carbocycles. The molecule has 15 heavy (non-hydrogen) atoms. The quantitative estimate of drug-likeness (QED) is 0.671. The predicted molar refractivity (Wildman–Crippen MR) is 67.2 cm³/mol. The molecule has 1 aromatic heterocycles. The van der Waals surface area contributed by atoms with Crippen molar-refractivity contribution in [2.24, 2.45) is 0 Å². The van der Waals surface area contributed by atoms with Gasteiger partial charge in [-0.1, -0.05) is 0 Å². The van der Waals surface area contributed by atoms with Gasteiger partial charge in [0.15, 0.2) is 0 Å². The smallest absolute Gasteiger partial charge is 0.261 e. The normalized spacial score (nSPS) is 9.27. The highest BCUT2D eigenvalue weighted by Gasteiger charge is 2.09. The first-order valence-corrected chi connectivity index (χ1v) is 6.20. The molecule has 0 saturated heterocycles. The second kappa shape index (κ2) is 5.94. The molecule has 2 nitrogen and oxygen atoms in total. The Morgan fingerprint density at radius 2 is 2.40 bits per heavy atom. The van der Waals surface area contributed by atoms with Gasteiger partial charge in [-0.05, 0) is 41.4 Å². The van der Waals surface area contributed by atoms with Crippen LogP contribution in [0.5, 0.6) is 0 Å². The standard InChI is InChI=1S/C11H12BrNOS/c1-3-4-5-6-13-11(14)9-7-8(2)10(12)15-9/h7H,5-6H2,1-2H3,(H,13,14). The van der Waals surface area contributed by atoms with Crippen molar-refractivity contribution in [3.63, 3.8) is 0 Å². The minimum Gasteiger partial charge on any atom is -0.350 e. The Hall–Kier alpha value is -0.790. The van der Waals surface area contributed by atoms with Crippen LogP contribution in [0.4, 0.5) is 0 Å². The van der Waals surface area contributed by atoms with Gasteiger partial charge in [-0.2, -0.15) is 0 Å². The van der Waals surface area contributed by atoms with Crippen molar-refractivity contribution >= 4 is 33.2 Å². The molecular weight excluding hydrogens is 274 g/mol. The molecule has 0 unspecified atom stereocenters. The summed E-state index contributed by atoms with van der Waals surface area (Å²) >= 11 is 4.85. The molecular formula is C11H12BrNOS. The molecule has 0 radical (unpaired) electrons.